The van der Waals surface area contributed by atoms with Crippen LogP contribution in [0.25, 0.3) is 0 Å². The van der Waals surface area contributed by atoms with Gasteiger partial charge in [-0.15, -0.1) is 0 Å². The molecule has 138 valence electrons. The van der Waals surface area contributed by atoms with Crippen LogP contribution in [-0.4, -0.2) is 17.1 Å². The van der Waals surface area contributed by atoms with Crippen molar-refractivity contribution in [3.63, 3.8) is 0 Å². The Labute approximate surface area is 160 Å². The number of rotatable bonds is 5. The zero-order valence-corrected chi connectivity index (χ0v) is 16.4. The molecule has 0 aliphatic carbocycles. The lowest BCUT2D eigenvalue weighted by Gasteiger charge is -2.18. The quantitative estimate of drug-likeness (QED) is 0.553. The highest BCUT2D eigenvalue weighted by Crippen LogP contribution is 2.21. The number of carbonyl (C=O) groups excluding carboxylic acids is 1. The summed E-state index contributed by atoms with van der Waals surface area (Å²) in [6.45, 7) is 7.76. The van der Waals surface area contributed by atoms with Crippen molar-refractivity contribution in [3.8, 4) is 5.75 Å². The van der Waals surface area contributed by atoms with Gasteiger partial charge in [0.1, 0.15) is 5.75 Å². The molecule has 0 aromatic heterocycles. The Morgan fingerprint density at radius 2 is 1.88 bits per heavy atom. The van der Waals surface area contributed by atoms with E-state index in [0.29, 0.717) is 10.9 Å². The molecule has 1 atom stereocenters. The number of hydrogen-bond donors (Lipinski definition) is 3. The smallest absolute Gasteiger partial charge is 0.279 e. The Morgan fingerprint density at radius 3 is 2.62 bits per heavy atom. The van der Waals surface area contributed by atoms with Crippen molar-refractivity contribution in [3.05, 3.63) is 59.2 Å². The molecular formula is C20H25N3O2S. The summed E-state index contributed by atoms with van der Waals surface area (Å²) in [5.74, 6) is 0.391. The number of amides is 1. The molecule has 0 saturated heterocycles. The molecule has 0 bridgehead atoms. The Bertz CT molecular complexity index is 792. The lowest BCUT2D eigenvalue weighted by molar-refractivity contribution is -0.127. The summed E-state index contributed by atoms with van der Waals surface area (Å²) in [5, 5.41) is 3.35. The summed E-state index contributed by atoms with van der Waals surface area (Å²) in [5.41, 5.74) is 9.49. The van der Waals surface area contributed by atoms with E-state index in [0.717, 1.165) is 23.2 Å². The summed E-state index contributed by atoms with van der Waals surface area (Å²) in [4.78, 5) is 12.2. The number of carbonyl (C=O) groups is 1. The van der Waals surface area contributed by atoms with Crippen LogP contribution < -0.4 is 20.9 Å². The van der Waals surface area contributed by atoms with Crippen molar-refractivity contribution in [1.29, 1.82) is 0 Å². The Balaban J connectivity index is 1.85. The van der Waals surface area contributed by atoms with Crippen LogP contribution in [0.15, 0.2) is 42.5 Å². The molecular weight excluding hydrogens is 346 g/mol. The fourth-order valence-electron chi connectivity index (χ4n) is 2.35. The van der Waals surface area contributed by atoms with E-state index in [1.165, 1.54) is 5.56 Å². The highest BCUT2D eigenvalue weighted by Gasteiger charge is 2.16. The maximum atomic E-state index is 12.2. The van der Waals surface area contributed by atoms with Gasteiger partial charge in [-0.3, -0.25) is 15.6 Å². The van der Waals surface area contributed by atoms with Crippen LogP contribution in [0.4, 0.5) is 5.69 Å². The SMILES string of the molecule is CCc1cccc(NC(=S)NNC(=O)[C@@H](C)Oc2cccc(C)c2C)c1. The summed E-state index contributed by atoms with van der Waals surface area (Å²) >= 11 is 5.21. The molecule has 2 aromatic rings. The van der Waals surface area contributed by atoms with E-state index in [1.54, 1.807) is 6.92 Å². The minimum Gasteiger partial charge on any atom is -0.481 e. The number of thiocarbonyl (C=S) groups is 1. The number of anilines is 1. The minimum atomic E-state index is -0.658. The third-order valence-corrected chi connectivity index (χ3v) is 4.32. The van der Waals surface area contributed by atoms with E-state index in [2.05, 4.69) is 29.2 Å². The normalized spacial score (nSPS) is 11.4. The number of aryl methyl sites for hydroxylation is 2. The molecule has 0 spiro atoms. The Morgan fingerprint density at radius 1 is 1.15 bits per heavy atom. The molecule has 3 N–H and O–H groups in total. The molecule has 0 unspecified atom stereocenters. The highest BCUT2D eigenvalue weighted by atomic mass is 32.1. The number of nitrogens with one attached hydrogen (secondary N) is 3. The van der Waals surface area contributed by atoms with Crippen LogP contribution in [-0.2, 0) is 11.2 Å². The van der Waals surface area contributed by atoms with Gasteiger partial charge in [-0.1, -0.05) is 31.2 Å². The standard InChI is InChI=1S/C20H25N3O2S/c1-5-16-9-7-10-17(12-16)21-20(26)23-22-19(24)15(4)25-18-11-6-8-13(2)14(18)3/h6-12,15H,5H2,1-4H3,(H,22,24)(H2,21,23,26)/t15-/m1/s1. The van der Waals surface area contributed by atoms with Gasteiger partial charge in [0, 0.05) is 5.69 Å². The van der Waals surface area contributed by atoms with Crippen LogP contribution in [0.1, 0.15) is 30.5 Å². The minimum absolute atomic E-state index is 0.308. The van der Waals surface area contributed by atoms with Gasteiger partial charge in [0.25, 0.3) is 5.91 Å². The van der Waals surface area contributed by atoms with Crippen molar-refractivity contribution in [2.45, 2.75) is 40.2 Å². The van der Waals surface area contributed by atoms with Gasteiger partial charge in [-0.25, -0.2) is 0 Å². The van der Waals surface area contributed by atoms with Gasteiger partial charge in [0.2, 0.25) is 0 Å². The van der Waals surface area contributed by atoms with Crippen LogP contribution >= 0.6 is 12.2 Å². The second-order valence-electron chi connectivity index (χ2n) is 6.08. The van der Waals surface area contributed by atoms with Crippen LogP contribution in [0, 0.1) is 13.8 Å². The fraction of sp³-hybridized carbons (Fsp3) is 0.300. The second kappa shape index (κ2) is 9.20. The third kappa shape index (κ3) is 5.46. The van der Waals surface area contributed by atoms with Crippen LogP contribution in [0.2, 0.25) is 0 Å². The number of hydrogen-bond acceptors (Lipinski definition) is 3. The lowest BCUT2D eigenvalue weighted by Crippen LogP contribution is -2.48. The first kappa shape index (κ1) is 19.7. The molecule has 0 heterocycles. The van der Waals surface area contributed by atoms with Gasteiger partial charge in [-0.05, 0) is 74.3 Å². The molecule has 0 aliphatic heterocycles. The molecule has 2 rings (SSSR count). The maximum absolute atomic E-state index is 12.2. The summed E-state index contributed by atoms with van der Waals surface area (Å²) in [6.07, 6.45) is 0.286. The Kier molecular flexibility index (Phi) is 6.97. The molecule has 0 radical (unpaired) electrons. The van der Waals surface area contributed by atoms with Gasteiger partial charge < -0.3 is 10.1 Å². The average molecular weight is 372 g/mol. The summed E-state index contributed by atoms with van der Waals surface area (Å²) in [7, 11) is 0. The van der Waals surface area contributed by atoms with E-state index in [1.807, 2.05) is 50.2 Å². The molecule has 0 aliphatic rings. The molecule has 6 heteroatoms. The lowest BCUT2D eigenvalue weighted by atomic mass is 10.1. The monoisotopic (exact) mass is 371 g/mol. The zero-order chi connectivity index (χ0) is 19.1. The number of benzene rings is 2. The van der Waals surface area contributed by atoms with Crippen LogP contribution in [0.3, 0.4) is 0 Å². The van der Waals surface area contributed by atoms with E-state index in [-0.39, 0.29) is 5.91 Å². The van der Waals surface area contributed by atoms with Gasteiger partial charge >= 0.3 is 0 Å². The second-order valence-corrected chi connectivity index (χ2v) is 6.49. The fourth-order valence-corrected chi connectivity index (χ4v) is 2.52. The topological polar surface area (TPSA) is 62.4 Å². The van der Waals surface area contributed by atoms with E-state index >= 15 is 0 Å². The molecule has 26 heavy (non-hydrogen) atoms. The first-order chi connectivity index (χ1) is 12.4. The van der Waals surface area contributed by atoms with E-state index in [9.17, 15) is 4.79 Å². The maximum Gasteiger partial charge on any atom is 0.279 e. The molecule has 2 aromatic carbocycles. The van der Waals surface area contributed by atoms with Gasteiger partial charge in [0.05, 0.1) is 0 Å². The molecule has 0 fully saturated rings. The first-order valence-corrected chi connectivity index (χ1v) is 9.00. The first-order valence-electron chi connectivity index (χ1n) is 8.59. The third-order valence-electron chi connectivity index (χ3n) is 4.12. The largest absolute Gasteiger partial charge is 0.481 e. The summed E-state index contributed by atoms with van der Waals surface area (Å²) in [6, 6.07) is 13.7. The van der Waals surface area contributed by atoms with Crippen molar-refractivity contribution < 1.29 is 9.53 Å². The Hall–Kier alpha value is -2.60. The molecule has 1 amide bonds. The van der Waals surface area contributed by atoms with Gasteiger partial charge in [-0.2, -0.15) is 0 Å². The van der Waals surface area contributed by atoms with Crippen molar-refractivity contribution in [1.82, 2.24) is 10.9 Å². The van der Waals surface area contributed by atoms with Gasteiger partial charge in [0.15, 0.2) is 11.2 Å². The predicted octanol–water partition coefficient (Wildman–Crippen LogP) is 3.65. The predicted molar refractivity (Wildman–Crippen MR) is 109 cm³/mol. The number of ether oxygens (including phenoxy) is 1. The highest BCUT2D eigenvalue weighted by molar-refractivity contribution is 7.80. The number of hydrazine groups is 1. The van der Waals surface area contributed by atoms with Crippen molar-refractivity contribution >= 4 is 28.9 Å². The van der Waals surface area contributed by atoms with Crippen molar-refractivity contribution in [2.75, 3.05) is 5.32 Å². The molecule has 5 nitrogen and oxygen atoms in total. The van der Waals surface area contributed by atoms with Crippen molar-refractivity contribution in [2.24, 2.45) is 0 Å². The van der Waals surface area contributed by atoms with E-state index < -0.39 is 6.10 Å². The van der Waals surface area contributed by atoms with Crippen LogP contribution in [0.5, 0.6) is 5.75 Å². The zero-order valence-electron chi connectivity index (χ0n) is 15.6. The van der Waals surface area contributed by atoms with E-state index in [4.69, 9.17) is 17.0 Å². The average Bonchev–Trinajstić information content (AvgIpc) is 2.63. The summed E-state index contributed by atoms with van der Waals surface area (Å²) < 4.78 is 5.75. The molecule has 0 saturated carbocycles.